The molecule has 3 heterocycles. The van der Waals surface area contributed by atoms with Crippen LogP contribution in [0.3, 0.4) is 0 Å². The highest BCUT2D eigenvalue weighted by atomic mass is 32.1. The van der Waals surface area contributed by atoms with Crippen molar-refractivity contribution >= 4 is 38.4 Å². The normalized spacial score (nSPS) is 23.0. The van der Waals surface area contributed by atoms with Crippen LogP contribution in [0, 0.1) is 11.6 Å². The second-order valence-electron chi connectivity index (χ2n) is 7.75. The Kier molecular flexibility index (Phi) is 3.67. The van der Waals surface area contributed by atoms with Crippen LogP contribution in [-0.4, -0.2) is 32.9 Å². The molecule has 0 radical (unpaired) electrons. The average molecular weight is 401 g/mol. The van der Waals surface area contributed by atoms with Crippen molar-refractivity contribution in [1.29, 1.82) is 0 Å². The van der Waals surface area contributed by atoms with Crippen LogP contribution in [0.25, 0.3) is 10.2 Å². The summed E-state index contributed by atoms with van der Waals surface area (Å²) in [5.41, 5.74) is 0.196. The Hall–Kier alpha value is -2.68. The van der Waals surface area contributed by atoms with E-state index in [0.29, 0.717) is 21.3 Å². The molecule has 6 nitrogen and oxygen atoms in total. The van der Waals surface area contributed by atoms with Gasteiger partial charge in [-0.2, -0.15) is 0 Å². The molecule has 1 N–H and O–H groups in total. The van der Waals surface area contributed by atoms with Crippen LogP contribution in [0.1, 0.15) is 32.4 Å². The lowest BCUT2D eigenvalue weighted by Gasteiger charge is -2.41. The topological polar surface area (TPSA) is 71.0 Å². The van der Waals surface area contributed by atoms with Crippen LogP contribution >= 0.6 is 11.3 Å². The predicted octanol–water partition coefficient (Wildman–Crippen LogP) is 3.63. The summed E-state index contributed by atoms with van der Waals surface area (Å²) in [5.74, 6) is -0.627. The third kappa shape index (κ3) is 2.49. The van der Waals surface area contributed by atoms with Crippen molar-refractivity contribution in [2.45, 2.75) is 44.2 Å². The summed E-state index contributed by atoms with van der Waals surface area (Å²) in [6.45, 7) is 3.73. The number of carbonyl (C=O) groups is 1. The van der Waals surface area contributed by atoms with Crippen molar-refractivity contribution in [1.82, 2.24) is 15.0 Å². The molecule has 2 aliphatic rings. The van der Waals surface area contributed by atoms with Crippen LogP contribution in [0.4, 0.5) is 19.7 Å². The molecule has 3 aromatic rings. The molecule has 28 heavy (non-hydrogen) atoms. The summed E-state index contributed by atoms with van der Waals surface area (Å²) in [6.07, 6.45) is 4.66. The van der Waals surface area contributed by atoms with E-state index < -0.39 is 17.0 Å². The molecular formula is C19H17F2N5OS. The fourth-order valence-electron chi connectivity index (χ4n) is 3.90. The zero-order valence-electron chi connectivity index (χ0n) is 15.2. The minimum absolute atomic E-state index is 0.00897. The van der Waals surface area contributed by atoms with Gasteiger partial charge in [-0.1, -0.05) is 11.3 Å². The van der Waals surface area contributed by atoms with Crippen LogP contribution in [0.15, 0.2) is 24.5 Å². The summed E-state index contributed by atoms with van der Waals surface area (Å²) in [7, 11) is 0. The van der Waals surface area contributed by atoms with E-state index in [0.717, 1.165) is 18.9 Å². The van der Waals surface area contributed by atoms with E-state index in [9.17, 15) is 13.6 Å². The van der Waals surface area contributed by atoms with E-state index in [-0.39, 0.29) is 23.5 Å². The molecule has 1 aromatic carbocycles. The number of thiazole rings is 1. The van der Waals surface area contributed by atoms with Crippen molar-refractivity contribution < 1.29 is 13.6 Å². The maximum atomic E-state index is 13.8. The molecule has 5 rings (SSSR count). The summed E-state index contributed by atoms with van der Waals surface area (Å²) in [4.78, 5) is 27.6. The number of nitrogens with zero attached hydrogens (tertiary/aromatic N) is 4. The quantitative estimate of drug-likeness (QED) is 0.726. The van der Waals surface area contributed by atoms with E-state index in [1.807, 2.05) is 13.8 Å². The van der Waals surface area contributed by atoms with Gasteiger partial charge < -0.3 is 5.32 Å². The van der Waals surface area contributed by atoms with Gasteiger partial charge in [0.25, 0.3) is 0 Å². The molecule has 0 unspecified atom stereocenters. The van der Waals surface area contributed by atoms with Gasteiger partial charge in [-0.25, -0.2) is 18.7 Å². The van der Waals surface area contributed by atoms with Gasteiger partial charge in [-0.3, -0.25) is 14.7 Å². The Balaban J connectivity index is 1.32. The number of hydrogen-bond acceptors (Lipinski definition) is 6. The highest BCUT2D eigenvalue weighted by molar-refractivity contribution is 7.22. The Morgan fingerprint density at radius 3 is 2.75 bits per heavy atom. The maximum absolute atomic E-state index is 13.8. The molecule has 9 heteroatoms. The van der Waals surface area contributed by atoms with Crippen molar-refractivity contribution in [3.8, 4) is 0 Å². The molecule has 0 atom stereocenters. The van der Waals surface area contributed by atoms with Gasteiger partial charge in [0.1, 0.15) is 11.3 Å². The molecular weight excluding hydrogens is 384 g/mol. The van der Waals surface area contributed by atoms with Crippen LogP contribution < -0.4 is 10.2 Å². The monoisotopic (exact) mass is 401 g/mol. The van der Waals surface area contributed by atoms with E-state index >= 15 is 0 Å². The molecule has 0 bridgehead atoms. The van der Waals surface area contributed by atoms with Gasteiger partial charge in [0, 0.05) is 30.5 Å². The standard InChI is InChI=1S/C19H17F2N5OS/c1-19(2)15-16(23-4-3-22-15)26(17(19)27)11-7-10(8-11)24-18-25-14-12(21)5-9(20)6-13(14)28-18/h3-6,10-11H,7-8H2,1-2H3,(H,24,25)/t10-,11-. The fourth-order valence-corrected chi connectivity index (χ4v) is 4.88. The van der Waals surface area contributed by atoms with Crippen LogP contribution in [-0.2, 0) is 10.2 Å². The van der Waals surface area contributed by atoms with Crippen molar-refractivity contribution in [3.63, 3.8) is 0 Å². The Bertz CT molecular complexity index is 1110. The molecule has 0 saturated heterocycles. The van der Waals surface area contributed by atoms with Crippen LogP contribution in [0.2, 0.25) is 0 Å². The second kappa shape index (κ2) is 5.91. The molecule has 1 amide bonds. The first-order valence-electron chi connectivity index (χ1n) is 9.02. The first kappa shape index (κ1) is 17.4. The van der Waals surface area contributed by atoms with Gasteiger partial charge in [0.15, 0.2) is 16.8 Å². The number of nitrogens with one attached hydrogen (secondary N) is 1. The summed E-state index contributed by atoms with van der Waals surface area (Å²) >= 11 is 1.22. The second-order valence-corrected chi connectivity index (χ2v) is 8.78. The summed E-state index contributed by atoms with van der Waals surface area (Å²) in [6, 6.07) is 2.26. The lowest BCUT2D eigenvalue weighted by atomic mass is 9.85. The lowest BCUT2D eigenvalue weighted by molar-refractivity contribution is -0.123. The number of fused-ring (bicyclic) bond motifs is 2. The molecule has 2 aromatic heterocycles. The van der Waals surface area contributed by atoms with E-state index in [1.54, 1.807) is 17.3 Å². The Morgan fingerprint density at radius 1 is 1.21 bits per heavy atom. The smallest absolute Gasteiger partial charge is 0.240 e. The third-order valence-electron chi connectivity index (χ3n) is 5.47. The largest absolute Gasteiger partial charge is 0.359 e. The van der Waals surface area contributed by atoms with Crippen molar-refractivity contribution in [2.75, 3.05) is 10.2 Å². The molecule has 1 fully saturated rings. The molecule has 1 aliphatic heterocycles. The van der Waals surface area contributed by atoms with Gasteiger partial charge in [0.2, 0.25) is 5.91 Å². The van der Waals surface area contributed by atoms with Gasteiger partial charge in [-0.15, -0.1) is 0 Å². The van der Waals surface area contributed by atoms with Gasteiger partial charge >= 0.3 is 0 Å². The summed E-state index contributed by atoms with van der Waals surface area (Å²) in [5, 5.41) is 3.82. The average Bonchev–Trinajstić information content (AvgIpc) is 3.10. The summed E-state index contributed by atoms with van der Waals surface area (Å²) < 4.78 is 27.7. The number of aromatic nitrogens is 3. The van der Waals surface area contributed by atoms with Crippen LogP contribution in [0.5, 0.6) is 0 Å². The van der Waals surface area contributed by atoms with Gasteiger partial charge in [0.05, 0.1) is 15.8 Å². The molecule has 0 spiro atoms. The Labute approximate surface area is 163 Å². The SMILES string of the molecule is CC1(C)C(=O)N([C@H]2C[C@H](Nc3nc4c(F)cc(F)cc4s3)C2)c2nccnc21. The zero-order chi connectivity index (χ0) is 19.6. The highest BCUT2D eigenvalue weighted by Crippen LogP contribution is 2.43. The predicted molar refractivity (Wildman–Crippen MR) is 103 cm³/mol. The third-order valence-corrected chi connectivity index (χ3v) is 6.41. The van der Waals surface area contributed by atoms with E-state index in [2.05, 4.69) is 20.3 Å². The Morgan fingerprint density at radius 2 is 1.96 bits per heavy atom. The fraction of sp³-hybridized carbons (Fsp3) is 0.368. The molecule has 1 aliphatic carbocycles. The maximum Gasteiger partial charge on any atom is 0.240 e. The number of halogens is 2. The van der Waals surface area contributed by atoms with Crippen molar-refractivity contribution in [3.05, 3.63) is 41.9 Å². The first-order valence-corrected chi connectivity index (χ1v) is 9.83. The number of benzene rings is 1. The molecule has 144 valence electrons. The number of carbonyl (C=O) groups excluding carboxylic acids is 1. The van der Waals surface area contributed by atoms with E-state index in [4.69, 9.17) is 0 Å². The number of anilines is 2. The number of rotatable bonds is 3. The lowest BCUT2D eigenvalue weighted by Crippen LogP contribution is -2.53. The zero-order valence-corrected chi connectivity index (χ0v) is 16.1. The minimum atomic E-state index is -0.684. The van der Waals surface area contributed by atoms with Gasteiger partial charge in [-0.05, 0) is 32.8 Å². The van der Waals surface area contributed by atoms with Crippen molar-refractivity contribution in [2.24, 2.45) is 0 Å². The minimum Gasteiger partial charge on any atom is -0.359 e. The number of hydrogen-bond donors (Lipinski definition) is 1. The number of amides is 1. The first-order chi connectivity index (χ1) is 13.3. The molecule has 1 saturated carbocycles. The highest BCUT2D eigenvalue weighted by Gasteiger charge is 2.51. The van der Waals surface area contributed by atoms with E-state index in [1.165, 1.54) is 17.4 Å².